The molecule has 2 aromatic heterocycles. The third kappa shape index (κ3) is 3.14. The Morgan fingerprint density at radius 2 is 0.971 bits per heavy atom. The molecule has 0 aliphatic heterocycles. The minimum atomic E-state index is 1.00. The van der Waals surface area contributed by atoms with Crippen LogP contribution in [0, 0.1) is 20.8 Å². The number of para-hydroxylation sites is 2. The van der Waals surface area contributed by atoms with E-state index in [-0.39, 0.29) is 0 Å². The number of benzene rings is 4. The van der Waals surface area contributed by atoms with Gasteiger partial charge >= 0.3 is 0 Å². The van der Waals surface area contributed by atoms with Gasteiger partial charge in [-0.2, -0.15) is 0 Å². The summed E-state index contributed by atoms with van der Waals surface area (Å²) in [7, 11) is 0. The van der Waals surface area contributed by atoms with Crippen molar-refractivity contribution in [3.63, 3.8) is 0 Å². The molecule has 34 heavy (non-hydrogen) atoms. The summed E-state index contributed by atoms with van der Waals surface area (Å²) in [4.78, 5) is 5.31. The zero-order valence-corrected chi connectivity index (χ0v) is 19.7. The molecule has 0 atom stereocenters. The maximum atomic E-state index is 5.31. The summed E-state index contributed by atoms with van der Waals surface area (Å²) in [5, 5.41) is 2.51. The van der Waals surface area contributed by atoms with Crippen molar-refractivity contribution in [2.24, 2.45) is 0 Å². The van der Waals surface area contributed by atoms with Gasteiger partial charge in [-0.05, 0) is 60.7 Å². The fraction of sp³-hybridized carbons (Fsp3) is 0.0938. The molecule has 2 heteroatoms. The Kier molecular flexibility index (Phi) is 4.81. The molecule has 6 aromatic rings. The van der Waals surface area contributed by atoms with Crippen molar-refractivity contribution in [2.45, 2.75) is 20.8 Å². The van der Waals surface area contributed by atoms with Gasteiger partial charge in [-0.25, -0.2) is 4.98 Å². The van der Waals surface area contributed by atoms with Crippen LogP contribution in [0.3, 0.4) is 0 Å². The molecule has 0 radical (unpaired) electrons. The zero-order valence-electron chi connectivity index (χ0n) is 19.7. The van der Waals surface area contributed by atoms with Crippen LogP contribution in [0.5, 0.6) is 0 Å². The lowest BCUT2D eigenvalue weighted by Gasteiger charge is -2.18. The van der Waals surface area contributed by atoms with Gasteiger partial charge in [0.1, 0.15) is 5.82 Å². The molecule has 0 unspecified atom stereocenters. The van der Waals surface area contributed by atoms with Crippen molar-refractivity contribution in [1.82, 2.24) is 9.55 Å². The van der Waals surface area contributed by atoms with Gasteiger partial charge in [-0.3, -0.25) is 4.57 Å². The minimum Gasteiger partial charge on any atom is -0.294 e. The zero-order chi connectivity index (χ0) is 23.2. The van der Waals surface area contributed by atoms with Gasteiger partial charge in [0.05, 0.1) is 16.7 Å². The lowest BCUT2D eigenvalue weighted by atomic mass is 9.97. The Morgan fingerprint density at radius 1 is 0.471 bits per heavy atom. The summed E-state index contributed by atoms with van der Waals surface area (Å²) >= 11 is 0. The predicted molar refractivity (Wildman–Crippen MR) is 144 cm³/mol. The average molecular weight is 439 g/mol. The van der Waals surface area contributed by atoms with Crippen LogP contribution in [-0.2, 0) is 0 Å². The first kappa shape index (κ1) is 20.4. The molecule has 2 heterocycles. The third-order valence-corrected chi connectivity index (χ3v) is 7.09. The topological polar surface area (TPSA) is 17.8 Å². The highest BCUT2D eigenvalue weighted by molar-refractivity contribution is 6.09. The van der Waals surface area contributed by atoms with Gasteiger partial charge in [0.2, 0.25) is 0 Å². The van der Waals surface area contributed by atoms with Crippen LogP contribution in [0.25, 0.3) is 50.0 Å². The number of hydrogen-bond donors (Lipinski definition) is 0. The van der Waals surface area contributed by atoms with E-state index in [9.17, 15) is 0 Å². The Balaban J connectivity index is 1.57. The van der Waals surface area contributed by atoms with Crippen LogP contribution in [0.4, 0.5) is 0 Å². The second kappa shape index (κ2) is 8.00. The summed E-state index contributed by atoms with van der Waals surface area (Å²) in [5.41, 5.74) is 10.7. The molecule has 0 bridgehead atoms. The fourth-order valence-corrected chi connectivity index (χ4v) is 5.00. The van der Waals surface area contributed by atoms with Crippen LogP contribution in [0.1, 0.15) is 16.7 Å². The van der Waals surface area contributed by atoms with Crippen molar-refractivity contribution in [2.75, 3.05) is 0 Å². The van der Waals surface area contributed by atoms with Gasteiger partial charge in [-0.15, -0.1) is 0 Å². The Hall–Kier alpha value is -4.17. The Labute approximate surface area is 200 Å². The van der Waals surface area contributed by atoms with Crippen LogP contribution >= 0.6 is 0 Å². The number of aromatic nitrogens is 2. The Bertz CT molecular complexity index is 1600. The second-order valence-electron chi connectivity index (χ2n) is 8.97. The van der Waals surface area contributed by atoms with Crippen molar-refractivity contribution in [1.29, 1.82) is 0 Å². The molecule has 6 rings (SSSR count). The van der Waals surface area contributed by atoms with Gasteiger partial charge in [-0.1, -0.05) is 91.0 Å². The largest absolute Gasteiger partial charge is 0.294 e. The van der Waals surface area contributed by atoms with Crippen molar-refractivity contribution < 1.29 is 0 Å². The van der Waals surface area contributed by atoms with Crippen molar-refractivity contribution in [3.8, 4) is 28.2 Å². The van der Waals surface area contributed by atoms with Gasteiger partial charge in [0.25, 0.3) is 0 Å². The van der Waals surface area contributed by atoms with E-state index in [2.05, 4.69) is 128 Å². The summed E-state index contributed by atoms with van der Waals surface area (Å²) in [5.74, 6) is 1.00. The van der Waals surface area contributed by atoms with Crippen LogP contribution in [0.15, 0.2) is 103 Å². The van der Waals surface area contributed by atoms with E-state index in [0.29, 0.717) is 0 Å². The van der Waals surface area contributed by atoms with E-state index < -0.39 is 0 Å². The van der Waals surface area contributed by atoms with Gasteiger partial charge in [0.15, 0.2) is 0 Å². The monoisotopic (exact) mass is 438 g/mol. The number of fused-ring (bicyclic) bond motifs is 3. The summed E-state index contributed by atoms with van der Waals surface area (Å²) in [6.45, 7) is 6.59. The molecule has 0 aliphatic carbocycles. The number of nitrogens with zero attached hydrogens (tertiary/aromatic N) is 2. The molecule has 0 aliphatic rings. The highest BCUT2D eigenvalue weighted by Crippen LogP contribution is 2.35. The standard InChI is InChI=1S/C32H26N2/c1-21-22(2)31(26-19-17-25(18-20-26)24-11-5-4-6-12-24)33-32(23(21)3)34-29-15-9-7-13-27(29)28-14-8-10-16-30(28)34/h4-20H,1-3H3. The summed E-state index contributed by atoms with van der Waals surface area (Å²) < 4.78 is 2.33. The molecular weight excluding hydrogens is 412 g/mol. The highest BCUT2D eigenvalue weighted by Gasteiger charge is 2.18. The summed E-state index contributed by atoms with van der Waals surface area (Å²) in [6.07, 6.45) is 0. The van der Waals surface area contributed by atoms with Gasteiger partial charge in [0, 0.05) is 16.3 Å². The van der Waals surface area contributed by atoms with Crippen LogP contribution < -0.4 is 0 Å². The molecular formula is C32H26N2. The van der Waals surface area contributed by atoms with E-state index in [1.54, 1.807) is 0 Å². The smallest absolute Gasteiger partial charge is 0.141 e. The SMILES string of the molecule is Cc1c(-c2ccc(-c3ccccc3)cc2)nc(-n2c3ccccc3c3ccccc32)c(C)c1C. The first-order valence-corrected chi connectivity index (χ1v) is 11.8. The lowest BCUT2D eigenvalue weighted by molar-refractivity contribution is 1.03. The fourth-order valence-electron chi connectivity index (χ4n) is 5.00. The van der Waals surface area contributed by atoms with Crippen molar-refractivity contribution in [3.05, 3.63) is 120 Å². The van der Waals surface area contributed by atoms with E-state index in [1.807, 2.05) is 0 Å². The van der Waals surface area contributed by atoms with Gasteiger partial charge < -0.3 is 0 Å². The number of hydrogen-bond acceptors (Lipinski definition) is 1. The van der Waals surface area contributed by atoms with E-state index in [0.717, 1.165) is 17.1 Å². The van der Waals surface area contributed by atoms with Crippen LogP contribution in [-0.4, -0.2) is 9.55 Å². The average Bonchev–Trinajstić information content (AvgIpc) is 3.23. The maximum Gasteiger partial charge on any atom is 0.141 e. The molecule has 0 fully saturated rings. The number of rotatable bonds is 3. The summed E-state index contributed by atoms with van der Waals surface area (Å²) in [6, 6.07) is 36.5. The minimum absolute atomic E-state index is 1.00. The second-order valence-corrected chi connectivity index (χ2v) is 8.97. The molecule has 0 N–H and O–H groups in total. The quantitative estimate of drug-likeness (QED) is 0.271. The molecule has 2 nitrogen and oxygen atoms in total. The normalized spacial score (nSPS) is 11.4. The first-order valence-electron chi connectivity index (χ1n) is 11.8. The lowest BCUT2D eigenvalue weighted by Crippen LogP contribution is -2.06. The third-order valence-electron chi connectivity index (χ3n) is 7.09. The van der Waals surface area contributed by atoms with E-state index >= 15 is 0 Å². The van der Waals surface area contributed by atoms with E-state index in [4.69, 9.17) is 4.98 Å². The molecule has 4 aromatic carbocycles. The maximum absolute atomic E-state index is 5.31. The Morgan fingerprint density at radius 3 is 1.59 bits per heavy atom. The van der Waals surface area contributed by atoms with E-state index in [1.165, 1.54) is 49.6 Å². The van der Waals surface area contributed by atoms with Crippen molar-refractivity contribution >= 4 is 21.8 Å². The molecule has 0 saturated heterocycles. The first-order chi connectivity index (χ1) is 16.6. The highest BCUT2D eigenvalue weighted by atomic mass is 15.1. The molecule has 0 amide bonds. The molecule has 0 spiro atoms. The molecule has 164 valence electrons. The predicted octanol–water partition coefficient (Wildman–Crippen LogP) is 8.44. The molecule has 0 saturated carbocycles. The number of pyridine rings is 1. The van der Waals surface area contributed by atoms with Crippen LogP contribution in [0.2, 0.25) is 0 Å².